The maximum absolute atomic E-state index is 9.91. The summed E-state index contributed by atoms with van der Waals surface area (Å²) in [7, 11) is -10.1. The molecule has 0 spiro atoms. The van der Waals surface area contributed by atoms with E-state index in [0.29, 0.717) is 0 Å². The molecule has 0 saturated heterocycles. The van der Waals surface area contributed by atoms with Crippen molar-refractivity contribution >= 4 is 32.5 Å². The molecular formula is ClK2NO6S2. The van der Waals surface area contributed by atoms with Gasteiger partial charge in [0, 0.05) is 11.8 Å². The van der Waals surface area contributed by atoms with Gasteiger partial charge in [-0.3, -0.25) is 0 Å². The van der Waals surface area contributed by atoms with Crippen LogP contribution in [0.5, 0.6) is 0 Å². The van der Waals surface area contributed by atoms with Gasteiger partial charge in [0.1, 0.15) is 10.3 Å². The molecule has 0 bridgehead atoms. The van der Waals surface area contributed by atoms with E-state index in [9.17, 15) is 21.7 Å². The van der Waals surface area contributed by atoms with Crippen LogP contribution in [0.4, 0.5) is 0 Å². The number of nitrogens with zero attached hydrogens (tertiary/aromatic N) is 1. The van der Waals surface area contributed by atoms with Crippen LogP contribution >= 0.6 is 11.8 Å². The predicted molar refractivity (Wildman–Crippen MR) is 28.0 cm³/mol. The molecule has 0 N–H and O–H groups in total. The Bertz CT molecular complexity index is 312. The molecule has 62 valence electrons. The quantitative estimate of drug-likeness (QED) is 0.283. The summed E-state index contributed by atoms with van der Waals surface area (Å²) in [6.07, 6.45) is 0. The Morgan fingerprint density at radius 1 is 1.17 bits per heavy atom. The van der Waals surface area contributed by atoms with E-state index < -0.39 is 20.7 Å². The molecule has 12 heteroatoms. The van der Waals surface area contributed by atoms with Crippen molar-refractivity contribution in [3.63, 3.8) is 0 Å². The summed E-state index contributed by atoms with van der Waals surface area (Å²) in [4.78, 5) is 0. The SMILES string of the molecule is O=S(=O)([O-])OS(=O)([O-])=NCl.[K+].[K+]. The molecule has 0 aliphatic rings. The van der Waals surface area contributed by atoms with E-state index >= 15 is 0 Å². The van der Waals surface area contributed by atoms with Crippen molar-refractivity contribution in [2.45, 2.75) is 0 Å². The standard InChI is InChI=1S/ClH2NO6S2.2K/c1-2-9(3,4)8-10(5,6)7;;/h(H,2,3,4)(H,5,6,7);;/q;2*+1/p-2. The molecule has 7 nitrogen and oxygen atoms in total. The van der Waals surface area contributed by atoms with Gasteiger partial charge in [0.15, 0.2) is 0 Å². The van der Waals surface area contributed by atoms with Crippen molar-refractivity contribution in [3.8, 4) is 0 Å². The molecule has 0 heterocycles. The largest absolute Gasteiger partial charge is 1.00 e. The van der Waals surface area contributed by atoms with E-state index in [1.807, 2.05) is 3.88 Å². The van der Waals surface area contributed by atoms with Gasteiger partial charge in [-0.05, 0) is 0 Å². The fourth-order valence-corrected chi connectivity index (χ4v) is 1.26. The van der Waals surface area contributed by atoms with Crippen LogP contribution in [0.3, 0.4) is 0 Å². The van der Waals surface area contributed by atoms with Gasteiger partial charge >= 0.3 is 103 Å². The second kappa shape index (κ2) is 8.49. The van der Waals surface area contributed by atoms with E-state index in [4.69, 9.17) is 0 Å². The van der Waals surface area contributed by atoms with Crippen molar-refractivity contribution in [1.82, 2.24) is 0 Å². The van der Waals surface area contributed by atoms with Gasteiger partial charge in [-0.1, -0.05) is 0 Å². The first-order valence-corrected chi connectivity index (χ1v) is 4.55. The van der Waals surface area contributed by atoms with Crippen LogP contribution in [0, 0.1) is 0 Å². The summed E-state index contributed by atoms with van der Waals surface area (Å²) in [5.41, 5.74) is 0. The van der Waals surface area contributed by atoms with E-state index in [1.54, 1.807) is 0 Å². The molecule has 0 fully saturated rings. The second-order valence-corrected chi connectivity index (χ2v) is 3.74. The maximum Gasteiger partial charge on any atom is 1.00 e. The Balaban J connectivity index is -0.000000405. The van der Waals surface area contributed by atoms with Crippen molar-refractivity contribution < 1.29 is 128 Å². The molecule has 1 atom stereocenters. The first-order chi connectivity index (χ1) is 4.27. The third-order valence-electron chi connectivity index (χ3n) is 0.254. The fourth-order valence-electron chi connectivity index (χ4n) is 0.117. The van der Waals surface area contributed by atoms with Gasteiger partial charge in [0.05, 0.1) is 0 Å². The Labute approximate surface area is 160 Å². The van der Waals surface area contributed by atoms with Crippen molar-refractivity contribution in [2.24, 2.45) is 3.88 Å². The topological polar surface area (TPSA) is 119 Å². The molecule has 0 aliphatic heterocycles. The Morgan fingerprint density at radius 2 is 1.50 bits per heavy atom. The second-order valence-electron chi connectivity index (χ2n) is 0.973. The summed E-state index contributed by atoms with van der Waals surface area (Å²) in [5, 5.41) is 0. The van der Waals surface area contributed by atoms with Gasteiger partial charge in [0.2, 0.25) is 10.4 Å². The minimum atomic E-state index is -5.31. The fraction of sp³-hybridized carbons (Fsp3) is 0. The molecule has 0 radical (unpaired) electrons. The van der Waals surface area contributed by atoms with Crippen LogP contribution in [-0.4, -0.2) is 21.7 Å². The van der Waals surface area contributed by atoms with Crippen LogP contribution in [0.25, 0.3) is 0 Å². The van der Waals surface area contributed by atoms with E-state index in [2.05, 4.69) is 15.4 Å². The van der Waals surface area contributed by atoms with Crippen LogP contribution in [-0.2, 0) is 24.3 Å². The van der Waals surface area contributed by atoms with Crippen LogP contribution in [0.2, 0.25) is 0 Å². The molecule has 12 heavy (non-hydrogen) atoms. The number of hydrogen-bond donors (Lipinski definition) is 0. The zero-order valence-corrected chi connectivity index (χ0v) is 14.7. The molecule has 0 aromatic rings. The maximum atomic E-state index is 9.91. The van der Waals surface area contributed by atoms with Gasteiger partial charge < -0.3 is 9.11 Å². The monoisotopic (exact) mass is 287 g/mol. The zero-order valence-electron chi connectivity index (χ0n) is 6.09. The molecule has 1 unspecified atom stereocenters. The smallest absolute Gasteiger partial charge is 0.741 e. The van der Waals surface area contributed by atoms with Crippen LogP contribution < -0.4 is 103 Å². The Morgan fingerprint density at radius 3 is 1.58 bits per heavy atom. The third kappa shape index (κ3) is 13.3. The Kier molecular flexibility index (Phi) is 14.7. The van der Waals surface area contributed by atoms with Crippen molar-refractivity contribution in [1.29, 1.82) is 0 Å². The molecule has 0 aromatic heterocycles. The van der Waals surface area contributed by atoms with Crippen LogP contribution in [0.1, 0.15) is 0 Å². The van der Waals surface area contributed by atoms with Crippen molar-refractivity contribution in [2.75, 3.05) is 0 Å². The van der Waals surface area contributed by atoms with Crippen LogP contribution in [0.15, 0.2) is 3.88 Å². The minimum Gasteiger partial charge on any atom is -0.741 e. The van der Waals surface area contributed by atoms with E-state index in [1.165, 1.54) is 0 Å². The number of hydrogen-bond acceptors (Lipinski definition) is 7. The zero-order chi connectivity index (χ0) is 8.41. The molecule has 0 rings (SSSR count). The summed E-state index contributed by atoms with van der Waals surface area (Å²) < 4.78 is 53.2. The molecule has 0 aromatic carbocycles. The minimum absolute atomic E-state index is 0. The summed E-state index contributed by atoms with van der Waals surface area (Å²) >= 11 is 4.31. The molecule has 0 aliphatic carbocycles. The number of rotatable bonds is 2. The summed E-state index contributed by atoms with van der Waals surface area (Å²) in [6, 6.07) is 0. The number of halogens is 1. The van der Waals surface area contributed by atoms with E-state index in [0.717, 1.165) is 0 Å². The Hall–Kier alpha value is 3.34. The predicted octanol–water partition coefficient (Wildman–Crippen LogP) is -6.86. The van der Waals surface area contributed by atoms with Crippen molar-refractivity contribution in [3.05, 3.63) is 0 Å². The summed E-state index contributed by atoms with van der Waals surface area (Å²) in [6.45, 7) is 0. The first-order valence-electron chi connectivity index (χ1n) is 1.52. The molecule has 0 amide bonds. The first kappa shape index (κ1) is 20.7. The molecule has 0 saturated carbocycles. The van der Waals surface area contributed by atoms with Gasteiger partial charge in [0.25, 0.3) is 0 Å². The average molecular weight is 288 g/mol. The van der Waals surface area contributed by atoms with Gasteiger partial charge in [-0.2, -0.15) is 3.63 Å². The van der Waals surface area contributed by atoms with Gasteiger partial charge in [-0.15, -0.1) is 3.88 Å². The third-order valence-corrected chi connectivity index (χ3v) is 2.28. The van der Waals surface area contributed by atoms with E-state index in [-0.39, 0.29) is 103 Å². The van der Waals surface area contributed by atoms with Gasteiger partial charge in [-0.25, -0.2) is 12.6 Å². The average Bonchev–Trinajstić information content (AvgIpc) is 1.60. The molecular weight excluding hydrogens is 288 g/mol. The summed E-state index contributed by atoms with van der Waals surface area (Å²) in [5.74, 6) is 0. The normalized spacial score (nSPS) is 14.9.